The summed E-state index contributed by atoms with van der Waals surface area (Å²) in [5.41, 5.74) is 1.77. The summed E-state index contributed by atoms with van der Waals surface area (Å²) in [6.45, 7) is 0.224. The van der Waals surface area contributed by atoms with Gasteiger partial charge in [0, 0.05) is 6.54 Å². The molecule has 1 aromatic heterocycles. The summed E-state index contributed by atoms with van der Waals surface area (Å²) in [5, 5.41) is 13.7. The van der Waals surface area contributed by atoms with Crippen molar-refractivity contribution in [1.82, 2.24) is 4.72 Å². The molecule has 0 amide bonds. The number of aryl methyl sites for hydroxylation is 1. The number of aliphatic hydroxyl groups excluding tert-OH is 1. The van der Waals surface area contributed by atoms with Gasteiger partial charge in [0.2, 0.25) is 10.0 Å². The van der Waals surface area contributed by atoms with Crippen molar-refractivity contribution >= 4 is 21.4 Å². The Kier molecular flexibility index (Phi) is 6.59. The lowest BCUT2D eigenvalue weighted by Gasteiger charge is -2.10. The van der Waals surface area contributed by atoms with E-state index < -0.39 is 16.1 Å². The van der Waals surface area contributed by atoms with E-state index in [0.29, 0.717) is 12.8 Å². The van der Waals surface area contributed by atoms with Crippen LogP contribution in [-0.2, 0) is 16.4 Å². The van der Waals surface area contributed by atoms with Gasteiger partial charge in [-0.2, -0.15) is 11.3 Å². The second-order valence-electron chi connectivity index (χ2n) is 5.17. The molecule has 1 unspecified atom stereocenters. The zero-order chi connectivity index (χ0) is 16.7. The van der Waals surface area contributed by atoms with Gasteiger partial charge >= 0.3 is 0 Å². The Labute approximate surface area is 141 Å². The Balaban J connectivity index is 1.75. The maximum Gasteiger partial charge on any atom is 0.211 e. The average molecular weight is 355 g/mol. The average Bonchev–Trinajstić information content (AvgIpc) is 3.08. The number of thiophene rings is 1. The van der Waals surface area contributed by atoms with Crippen LogP contribution in [0.3, 0.4) is 0 Å². The quantitative estimate of drug-likeness (QED) is 0.724. The van der Waals surface area contributed by atoms with Crippen LogP contribution in [-0.4, -0.2) is 32.9 Å². The summed E-state index contributed by atoms with van der Waals surface area (Å²) in [4.78, 5) is 0. The van der Waals surface area contributed by atoms with Crippen molar-refractivity contribution in [2.75, 3.05) is 19.4 Å². The first-order chi connectivity index (χ1) is 11.0. The number of hydrogen-bond acceptors (Lipinski definition) is 5. The van der Waals surface area contributed by atoms with E-state index in [2.05, 4.69) is 4.72 Å². The highest BCUT2D eigenvalue weighted by Gasteiger charge is 2.13. The van der Waals surface area contributed by atoms with Gasteiger partial charge in [-0.3, -0.25) is 0 Å². The molecule has 0 spiro atoms. The molecule has 126 valence electrons. The highest BCUT2D eigenvalue weighted by atomic mass is 32.2. The Morgan fingerprint density at radius 1 is 1.26 bits per heavy atom. The van der Waals surface area contributed by atoms with E-state index in [-0.39, 0.29) is 12.3 Å². The van der Waals surface area contributed by atoms with Crippen LogP contribution in [0, 0.1) is 0 Å². The lowest BCUT2D eigenvalue weighted by atomic mass is 10.1. The van der Waals surface area contributed by atoms with Crippen LogP contribution in [0.4, 0.5) is 0 Å². The molecule has 2 rings (SSSR count). The third-order valence-electron chi connectivity index (χ3n) is 3.49. The van der Waals surface area contributed by atoms with Gasteiger partial charge in [-0.1, -0.05) is 12.1 Å². The maximum absolute atomic E-state index is 12.0. The van der Waals surface area contributed by atoms with Crippen molar-refractivity contribution in [3.63, 3.8) is 0 Å². The normalized spacial score (nSPS) is 13.0. The molecule has 1 atom stereocenters. The first-order valence-electron chi connectivity index (χ1n) is 7.30. The van der Waals surface area contributed by atoms with Crippen molar-refractivity contribution < 1.29 is 18.3 Å². The number of nitrogens with one attached hydrogen (secondary N) is 1. The fourth-order valence-corrected chi connectivity index (χ4v) is 3.88. The molecule has 7 heteroatoms. The summed E-state index contributed by atoms with van der Waals surface area (Å²) in [6.07, 6.45) is 0.163. The topological polar surface area (TPSA) is 75.6 Å². The first-order valence-corrected chi connectivity index (χ1v) is 9.90. The monoisotopic (exact) mass is 355 g/mol. The molecule has 2 N–H and O–H groups in total. The van der Waals surface area contributed by atoms with E-state index in [1.165, 1.54) is 11.3 Å². The molecule has 0 aliphatic carbocycles. The van der Waals surface area contributed by atoms with Crippen LogP contribution < -0.4 is 9.46 Å². The van der Waals surface area contributed by atoms with Gasteiger partial charge in [-0.15, -0.1) is 0 Å². The van der Waals surface area contributed by atoms with E-state index in [0.717, 1.165) is 16.9 Å². The van der Waals surface area contributed by atoms with Gasteiger partial charge < -0.3 is 9.84 Å². The number of aliphatic hydroxyl groups is 1. The zero-order valence-electron chi connectivity index (χ0n) is 12.9. The van der Waals surface area contributed by atoms with Crippen molar-refractivity contribution in [3.8, 4) is 5.75 Å². The lowest BCUT2D eigenvalue weighted by molar-refractivity contribution is 0.169. The third-order valence-corrected chi connectivity index (χ3v) is 5.57. The number of methoxy groups -OCH3 is 1. The molecule has 2 aromatic rings. The largest absolute Gasteiger partial charge is 0.497 e. The van der Waals surface area contributed by atoms with Gasteiger partial charge in [0.05, 0.1) is 19.0 Å². The highest BCUT2D eigenvalue weighted by Crippen LogP contribution is 2.18. The minimum Gasteiger partial charge on any atom is -0.497 e. The van der Waals surface area contributed by atoms with Crippen LogP contribution in [0.25, 0.3) is 0 Å². The summed E-state index contributed by atoms with van der Waals surface area (Å²) >= 11 is 1.51. The van der Waals surface area contributed by atoms with Crippen molar-refractivity contribution in [1.29, 1.82) is 0 Å². The SMILES string of the molecule is COc1ccc(CCS(=O)(=O)NCCC(O)c2ccsc2)cc1. The number of benzene rings is 1. The van der Waals surface area contributed by atoms with Crippen LogP contribution in [0.2, 0.25) is 0 Å². The van der Waals surface area contributed by atoms with E-state index in [1.54, 1.807) is 7.11 Å². The van der Waals surface area contributed by atoms with E-state index in [9.17, 15) is 13.5 Å². The fraction of sp³-hybridized carbons (Fsp3) is 0.375. The van der Waals surface area contributed by atoms with Crippen LogP contribution in [0.1, 0.15) is 23.7 Å². The second-order valence-corrected chi connectivity index (χ2v) is 7.88. The summed E-state index contributed by atoms with van der Waals surface area (Å²) in [7, 11) is -1.76. The molecule has 0 saturated heterocycles. The predicted molar refractivity (Wildman–Crippen MR) is 92.4 cm³/mol. The van der Waals surface area contributed by atoms with Gasteiger partial charge in [0.1, 0.15) is 5.75 Å². The Hall–Kier alpha value is -1.41. The predicted octanol–water partition coefficient (Wildman–Crippen LogP) is 2.34. The molecule has 0 radical (unpaired) electrons. The Bertz CT molecular complexity index is 681. The molecule has 5 nitrogen and oxygen atoms in total. The minimum absolute atomic E-state index is 0.0217. The molecule has 0 aliphatic heterocycles. The molecule has 0 saturated carbocycles. The third kappa shape index (κ3) is 5.95. The first kappa shape index (κ1) is 17.9. The Morgan fingerprint density at radius 3 is 2.61 bits per heavy atom. The molecule has 1 aromatic carbocycles. The maximum atomic E-state index is 12.0. The standard InChI is InChI=1S/C16H21NO4S2/c1-21-15-4-2-13(3-5-15)8-11-23(19,20)17-9-6-16(18)14-7-10-22-12-14/h2-5,7,10,12,16-18H,6,8-9,11H2,1H3. The van der Waals surface area contributed by atoms with E-state index >= 15 is 0 Å². The number of rotatable bonds is 9. The van der Waals surface area contributed by atoms with Gasteiger partial charge in [0.15, 0.2) is 0 Å². The van der Waals surface area contributed by atoms with Crippen molar-refractivity contribution in [3.05, 3.63) is 52.2 Å². The number of hydrogen-bond donors (Lipinski definition) is 2. The Morgan fingerprint density at radius 2 is 2.00 bits per heavy atom. The van der Waals surface area contributed by atoms with Crippen LogP contribution in [0.5, 0.6) is 5.75 Å². The van der Waals surface area contributed by atoms with Crippen LogP contribution >= 0.6 is 11.3 Å². The molecule has 1 heterocycles. The van der Waals surface area contributed by atoms with Crippen molar-refractivity contribution in [2.24, 2.45) is 0 Å². The number of ether oxygens (including phenoxy) is 1. The van der Waals surface area contributed by atoms with Crippen molar-refractivity contribution in [2.45, 2.75) is 18.9 Å². The summed E-state index contributed by atoms with van der Waals surface area (Å²) in [5.74, 6) is 0.769. The fourth-order valence-electron chi connectivity index (χ4n) is 2.10. The minimum atomic E-state index is -3.35. The molecule has 23 heavy (non-hydrogen) atoms. The van der Waals surface area contributed by atoms with Crippen LogP contribution in [0.15, 0.2) is 41.1 Å². The van der Waals surface area contributed by atoms with E-state index in [4.69, 9.17) is 4.74 Å². The molecule has 0 bridgehead atoms. The van der Waals surface area contributed by atoms with Gasteiger partial charge in [0.25, 0.3) is 0 Å². The van der Waals surface area contributed by atoms with Gasteiger partial charge in [-0.25, -0.2) is 13.1 Å². The molecule has 0 aliphatic rings. The lowest BCUT2D eigenvalue weighted by Crippen LogP contribution is -2.29. The highest BCUT2D eigenvalue weighted by molar-refractivity contribution is 7.89. The smallest absolute Gasteiger partial charge is 0.211 e. The molecule has 0 fully saturated rings. The number of sulfonamides is 1. The zero-order valence-corrected chi connectivity index (χ0v) is 14.6. The summed E-state index contributed by atoms with van der Waals surface area (Å²) < 4.78 is 31.6. The van der Waals surface area contributed by atoms with Gasteiger partial charge in [-0.05, 0) is 52.9 Å². The summed E-state index contributed by atoms with van der Waals surface area (Å²) in [6, 6.07) is 9.18. The van der Waals surface area contributed by atoms with E-state index in [1.807, 2.05) is 41.1 Å². The molecular formula is C16H21NO4S2. The second kappa shape index (κ2) is 8.44. The molecular weight excluding hydrogens is 334 g/mol.